The van der Waals surface area contributed by atoms with E-state index >= 15 is 0 Å². The molecule has 0 aliphatic carbocycles. The first-order chi connectivity index (χ1) is 15.2. The Morgan fingerprint density at radius 1 is 1.19 bits per heavy atom. The normalized spacial score (nSPS) is 19.3. The summed E-state index contributed by atoms with van der Waals surface area (Å²) < 4.78 is 7.37. The van der Waals surface area contributed by atoms with Crippen molar-refractivity contribution in [3.05, 3.63) is 42.7 Å². The summed E-state index contributed by atoms with van der Waals surface area (Å²) in [6.07, 6.45) is 2.88. The fraction of sp³-hybridized carbons (Fsp3) is 0.409. The van der Waals surface area contributed by atoms with E-state index in [1.165, 1.54) is 0 Å². The van der Waals surface area contributed by atoms with Crippen LogP contribution in [-0.2, 0) is 4.74 Å². The monoisotopic (exact) mass is 421 g/mol. The van der Waals surface area contributed by atoms with Crippen LogP contribution in [0.3, 0.4) is 0 Å². The Balaban J connectivity index is 1.63. The summed E-state index contributed by atoms with van der Waals surface area (Å²) in [4.78, 5) is 14.3. The first-order valence-electron chi connectivity index (χ1n) is 10.7. The molecule has 0 radical (unpaired) electrons. The third kappa shape index (κ3) is 3.60. The van der Waals surface area contributed by atoms with Crippen molar-refractivity contribution in [3.63, 3.8) is 0 Å². The molecule has 0 bridgehead atoms. The van der Waals surface area contributed by atoms with E-state index in [2.05, 4.69) is 27.1 Å². The minimum atomic E-state index is -0.557. The number of hydrogen-bond donors (Lipinski definition) is 2. The molecule has 162 valence electrons. The van der Waals surface area contributed by atoms with E-state index in [-0.39, 0.29) is 6.17 Å². The fourth-order valence-electron chi connectivity index (χ4n) is 4.20. The molecular weight excluding hydrogens is 394 g/mol. The highest BCUT2D eigenvalue weighted by Crippen LogP contribution is 2.41. The van der Waals surface area contributed by atoms with Crippen molar-refractivity contribution in [2.45, 2.75) is 26.1 Å². The number of morpholine rings is 1. The first-order valence-corrected chi connectivity index (χ1v) is 10.7. The summed E-state index contributed by atoms with van der Waals surface area (Å²) in [5.74, 6) is 2.33. The number of ether oxygens (including phenoxy) is 1. The molecule has 2 atom stereocenters. The van der Waals surface area contributed by atoms with Crippen molar-refractivity contribution in [1.29, 1.82) is 0 Å². The number of aliphatic hydroxyl groups is 1. The van der Waals surface area contributed by atoms with E-state index in [1.54, 1.807) is 13.1 Å². The van der Waals surface area contributed by atoms with E-state index in [0.29, 0.717) is 19.0 Å². The van der Waals surface area contributed by atoms with Crippen LogP contribution >= 0.6 is 0 Å². The highest BCUT2D eigenvalue weighted by Gasteiger charge is 2.36. The second-order valence-corrected chi connectivity index (χ2v) is 7.79. The second-order valence-electron chi connectivity index (χ2n) is 7.79. The number of nitrogens with one attached hydrogen (secondary N) is 1. The highest BCUT2D eigenvalue weighted by atomic mass is 16.5. The smallest absolute Gasteiger partial charge is 0.164 e. The van der Waals surface area contributed by atoms with E-state index in [9.17, 15) is 5.11 Å². The predicted molar refractivity (Wildman–Crippen MR) is 120 cm³/mol. The number of nitrogens with zero attached hydrogens (tertiary/aromatic N) is 6. The molecule has 2 aromatic heterocycles. The summed E-state index contributed by atoms with van der Waals surface area (Å²) in [6, 6.07) is 9.96. The van der Waals surface area contributed by atoms with Crippen molar-refractivity contribution in [1.82, 2.24) is 19.7 Å². The molecule has 1 saturated heterocycles. The molecule has 0 amide bonds. The predicted octanol–water partition coefficient (Wildman–Crippen LogP) is 2.12. The SMILES string of the molecule is CCN1c2nc(-c3cccc(-n4cccn4)c3)nc(N3CCOCC3)c2NC1C(C)O. The van der Waals surface area contributed by atoms with Gasteiger partial charge in [0.1, 0.15) is 11.9 Å². The number of benzene rings is 1. The zero-order chi connectivity index (χ0) is 21.4. The van der Waals surface area contributed by atoms with Crippen LogP contribution in [0.25, 0.3) is 17.1 Å². The van der Waals surface area contributed by atoms with E-state index in [0.717, 1.165) is 48.2 Å². The summed E-state index contributed by atoms with van der Waals surface area (Å²) in [6.45, 7) is 7.46. The van der Waals surface area contributed by atoms with Crippen LogP contribution in [-0.4, -0.2) is 70.0 Å². The molecule has 2 unspecified atom stereocenters. The zero-order valence-corrected chi connectivity index (χ0v) is 17.8. The number of rotatable bonds is 5. The van der Waals surface area contributed by atoms with Gasteiger partial charge in [-0.1, -0.05) is 12.1 Å². The molecule has 2 aliphatic heterocycles. The minimum Gasteiger partial charge on any atom is -0.389 e. The number of aliphatic hydroxyl groups excluding tert-OH is 1. The van der Waals surface area contributed by atoms with Gasteiger partial charge >= 0.3 is 0 Å². The number of hydrogen-bond acceptors (Lipinski definition) is 8. The molecular formula is C22H27N7O2. The van der Waals surface area contributed by atoms with Crippen LogP contribution in [0.1, 0.15) is 13.8 Å². The topological polar surface area (TPSA) is 91.6 Å². The van der Waals surface area contributed by atoms with Gasteiger partial charge in [0, 0.05) is 37.6 Å². The zero-order valence-electron chi connectivity index (χ0n) is 17.8. The Morgan fingerprint density at radius 3 is 2.71 bits per heavy atom. The number of fused-ring (bicyclic) bond motifs is 1. The molecule has 4 heterocycles. The van der Waals surface area contributed by atoms with Gasteiger partial charge in [0.2, 0.25) is 0 Å². The lowest BCUT2D eigenvalue weighted by Gasteiger charge is -2.29. The molecule has 1 fully saturated rings. The Kier molecular flexibility index (Phi) is 5.21. The molecule has 1 aromatic carbocycles. The van der Waals surface area contributed by atoms with Crippen LogP contribution in [0.2, 0.25) is 0 Å². The lowest BCUT2D eigenvalue weighted by Crippen LogP contribution is -2.43. The van der Waals surface area contributed by atoms with Gasteiger partial charge in [-0.25, -0.2) is 14.6 Å². The first kappa shape index (κ1) is 19.8. The molecule has 2 aliphatic rings. The number of aromatic nitrogens is 4. The average Bonchev–Trinajstić information content (AvgIpc) is 3.47. The van der Waals surface area contributed by atoms with Gasteiger partial charge in [0.15, 0.2) is 17.5 Å². The standard InChI is InChI=1S/C22H27N7O2/c1-3-28-20(15(2)30)24-18-21(27-10-12-31-13-11-27)25-19(26-22(18)28)16-6-4-7-17(14-16)29-9-5-8-23-29/h4-9,14-15,20,24,30H,3,10-13H2,1-2H3. The third-order valence-corrected chi connectivity index (χ3v) is 5.75. The Morgan fingerprint density at radius 2 is 2.00 bits per heavy atom. The molecule has 0 saturated carbocycles. The second kappa shape index (κ2) is 8.16. The van der Waals surface area contributed by atoms with Gasteiger partial charge in [-0.2, -0.15) is 5.10 Å². The summed E-state index contributed by atoms with van der Waals surface area (Å²) in [5, 5.41) is 18.2. The molecule has 2 N–H and O–H groups in total. The third-order valence-electron chi connectivity index (χ3n) is 5.75. The molecule has 9 heteroatoms. The lowest BCUT2D eigenvalue weighted by atomic mass is 10.2. The maximum atomic E-state index is 10.4. The lowest BCUT2D eigenvalue weighted by molar-refractivity contribution is 0.122. The van der Waals surface area contributed by atoms with Crippen molar-refractivity contribution in [2.24, 2.45) is 0 Å². The van der Waals surface area contributed by atoms with E-state index in [1.807, 2.05) is 41.2 Å². The van der Waals surface area contributed by atoms with Crippen LogP contribution in [0.4, 0.5) is 17.3 Å². The van der Waals surface area contributed by atoms with Crippen molar-refractivity contribution < 1.29 is 9.84 Å². The van der Waals surface area contributed by atoms with E-state index < -0.39 is 6.10 Å². The van der Waals surface area contributed by atoms with Crippen LogP contribution in [0, 0.1) is 0 Å². The number of anilines is 3. The Labute approximate surface area is 181 Å². The summed E-state index contributed by atoms with van der Waals surface area (Å²) >= 11 is 0. The molecule has 9 nitrogen and oxygen atoms in total. The summed E-state index contributed by atoms with van der Waals surface area (Å²) in [7, 11) is 0. The van der Waals surface area contributed by atoms with E-state index in [4.69, 9.17) is 14.7 Å². The van der Waals surface area contributed by atoms with Gasteiger partial charge in [-0.3, -0.25) is 0 Å². The quantitative estimate of drug-likeness (QED) is 0.647. The van der Waals surface area contributed by atoms with Gasteiger partial charge in [0.05, 0.1) is 25.0 Å². The molecule has 5 rings (SSSR count). The highest BCUT2D eigenvalue weighted by molar-refractivity contribution is 5.85. The van der Waals surface area contributed by atoms with Crippen molar-refractivity contribution in [3.8, 4) is 17.1 Å². The average molecular weight is 422 g/mol. The van der Waals surface area contributed by atoms with Gasteiger partial charge in [0.25, 0.3) is 0 Å². The van der Waals surface area contributed by atoms with Gasteiger partial charge < -0.3 is 25.0 Å². The van der Waals surface area contributed by atoms with Gasteiger partial charge in [-0.15, -0.1) is 0 Å². The van der Waals surface area contributed by atoms with Crippen LogP contribution in [0.15, 0.2) is 42.7 Å². The van der Waals surface area contributed by atoms with Crippen LogP contribution < -0.4 is 15.1 Å². The van der Waals surface area contributed by atoms with Crippen LogP contribution in [0.5, 0.6) is 0 Å². The minimum absolute atomic E-state index is 0.236. The fourth-order valence-corrected chi connectivity index (χ4v) is 4.20. The largest absolute Gasteiger partial charge is 0.389 e. The Bertz CT molecular complexity index is 1050. The van der Waals surface area contributed by atoms with Crippen molar-refractivity contribution >= 4 is 17.3 Å². The number of likely N-dealkylation sites (N-methyl/N-ethyl adjacent to an activating group) is 1. The van der Waals surface area contributed by atoms with Gasteiger partial charge in [-0.05, 0) is 32.0 Å². The maximum Gasteiger partial charge on any atom is 0.164 e. The molecule has 0 spiro atoms. The maximum absolute atomic E-state index is 10.4. The van der Waals surface area contributed by atoms with Crippen molar-refractivity contribution in [2.75, 3.05) is 48.0 Å². The molecule has 3 aromatic rings. The molecule has 31 heavy (non-hydrogen) atoms. The Hall–Kier alpha value is -3.17. The summed E-state index contributed by atoms with van der Waals surface area (Å²) in [5.41, 5.74) is 2.75.